The zero-order valence-electron chi connectivity index (χ0n) is 11.6. The van der Waals surface area contributed by atoms with Crippen LogP contribution in [0.1, 0.15) is 31.2 Å². The van der Waals surface area contributed by atoms with Crippen molar-refractivity contribution in [2.75, 3.05) is 26.2 Å². The SMILES string of the molecule is Cl.c1ccc(CN2CCC3(CCNCC3)CC2)cc1. The summed E-state index contributed by atoms with van der Waals surface area (Å²) in [6, 6.07) is 10.9. The van der Waals surface area contributed by atoms with Crippen molar-refractivity contribution in [2.45, 2.75) is 32.2 Å². The molecule has 1 spiro atoms. The minimum absolute atomic E-state index is 0. The maximum Gasteiger partial charge on any atom is 0.0233 e. The van der Waals surface area contributed by atoms with E-state index in [2.05, 4.69) is 40.5 Å². The molecule has 106 valence electrons. The van der Waals surface area contributed by atoms with Gasteiger partial charge < -0.3 is 5.32 Å². The number of piperidine rings is 2. The first-order chi connectivity index (χ1) is 8.86. The second-order valence-corrected chi connectivity index (χ2v) is 6.01. The van der Waals surface area contributed by atoms with Gasteiger partial charge in [0.2, 0.25) is 0 Å². The number of benzene rings is 1. The Hall–Kier alpha value is -0.570. The van der Waals surface area contributed by atoms with Gasteiger partial charge in [-0.1, -0.05) is 30.3 Å². The minimum Gasteiger partial charge on any atom is -0.317 e. The molecule has 2 fully saturated rings. The van der Waals surface area contributed by atoms with Gasteiger partial charge in [-0.2, -0.15) is 0 Å². The molecule has 3 heteroatoms. The van der Waals surface area contributed by atoms with Gasteiger partial charge >= 0.3 is 0 Å². The van der Waals surface area contributed by atoms with Crippen molar-refractivity contribution >= 4 is 12.4 Å². The third-order valence-corrected chi connectivity index (χ3v) is 4.83. The average Bonchev–Trinajstić information content (AvgIpc) is 2.44. The molecule has 2 nitrogen and oxygen atoms in total. The van der Waals surface area contributed by atoms with Gasteiger partial charge in [0.25, 0.3) is 0 Å². The topological polar surface area (TPSA) is 15.3 Å². The summed E-state index contributed by atoms with van der Waals surface area (Å²) in [5.74, 6) is 0. The lowest BCUT2D eigenvalue weighted by Crippen LogP contribution is -2.45. The van der Waals surface area contributed by atoms with Crippen LogP contribution in [0, 0.1) is 5.41 Å². The van der Waals surface area contributed by atoms with Crippen LogP contribution in [0.15, 0.2) is 30.3 Å². The van der Waals surface area contributed by atoms with Crippen molar-refractivity contribution in [3.8, 4) is 0 Å². The second-order valence-electron chi connectivity index (χ2n) is 6.01. The van der Waals surface area contributed by atoms with Crippen LogP contribution in [-0.4, -0.2) is 31.1 Å². The zero-order valence-corrected chi connectivity index (χ0v) is 12.4. The summed E-state index contributed by atoms with van der Waals surface area (Å²) in [6.07, 6.45) is 5.60. The van der Waals surface area contributed by atoms with E-state index in [0.29, 0.717) is 5.41 Å². The van der Waals surface area contributed by atoms with Gasteiger partial charge in [-0.3, -0.25) is 4.90 Å². The molecule has 2 heterocycles. The van der Waals surface area contributed by atoms with E-state index in [1.54, 1.807) is 0 Å². The largest absolute Gasteiger partial charge is 0.317 e. The Morgan fingerprint density at radius 1 is 0.947 bits per heavy atom. The number of halogens is 1. The molecule has 0 aromatic heterocycles. The van der Waals surface area contributed by atoms with Crippen LogP contribution >= 0.6 is 12.4 Å². The van der Waals surface area contributed by atoms with Crippen molar-refractivity contribution in [3.63, 3.8) is 0 Å². The molecule has 1 aromatic carbocycles. The van der Waals surface area contributed by atoms with Crippen LogP contribution in [-0.2, 0) is 6.54 Å². The second kappa shape index (κ2) is 6.74. The standard InChI is InChI=1S/C16H24N2.ClH/c1-2-4-15(5-3-1)14-18-12-8-16(9-13-18)6-10-17-11-7-16;/h1-5,17H,6-14H2;1H. The maximum atomic E-state index is 3.49. The lowest BCUT2D eigenvalue weighted by atomic mass is 9.71. The van der Waals surface area contributed by atoms with E-state index >= 15 is 0 Å². The van der Waals surface area contributed by atoms with E-state index < -0.39 is 0 Å². The Labute approximate surface area is 123 Å². The van der Waals surface area contributed by atoms with Crippen LogP contribution in [0.25, 0.3) is 0 Å². The van der Waals surface area contributed by atoms with Crippen molar-refractivity contribution in [2.24, 2.45) is 5.41 Å². The van der Waals surface area contributed by atoms with E-state index in [4.69, 9.17) is 0 Å². The molecule has 2 aliphatic rings. The number of hydrogen-bond acceptors (Lipinski definition) is 2. The van der Waals surface area contributed by atoms with Crippen LogP contribution in [0.3, 0.4) is 0 Å². The van der Waals surface area contributed by atoms with Crippen LogP contribution in [0.5, 0.6) is 0 Å². The third-order valence-electron chi connectivity index (χ3n) is 4.83. The molecule has 1 N–H and O–H groups in total. The van der Waals surface area contributed by atoms with E-state index in [9.17, 15) is 0 Å². The summed E-state index contributed by atoms with van der Waals surface area (Å²) in [5.41, 5.74) is 2.14. The summed E-state index contributed by atoms with van der Waals surface area (Å²) in [7, 11) is 0. The fraction of sp³-hybridized carbons (Fsp3) is 0.625. The first-order valence-corrected chi connectivity index (χ1v) is 7.33. The van der Waals surface area contributed by atoms with Crippen LogP contribution in [0.4, 0.5) is 0 Å². The Morgan fingerprint density at radius 3 is 2.21 bits per heavy atom. The molecule has 0 bridgehead atoms. The smallest absolute Gasteiger partial charge is 0.0233 e. The number of nitrogens with zero attached hydrogens (tertiary/aromatic N) is 1. The molecular formula is C16H25ClN2. The monoisotopic (exact) mass is 280 g/mol. The van der Waals surface area contributed by atoms with Gasteiger partial charge in [0, 0.05) is 6.54 Å². The number of likely N-dealkylation sites (tertiary alicyclic amines) is 1. The third kappa shape index (κ3) is 3.71. The fourth-order valence-corrected chi connectivity index (χ4v) is 3.48. The van der Waals surface area contributed by atoms with E-state index in [0.717, 1.165) is 6.54 Å². The Morgan fingerprint density at radius 2 is 1.58 bits per heavy atom. The van der Waals surface area contributed by atoms with Crippen LogP contribution in [0.2, 0.25) is 0 Å². The summed E-state index contributed by atoms with van der Waals surface area (Å²) in [4.78, 5) is 2.63. The molecule has 1 aromatic rings. The molecule has 2 aliphatic heterocycles. The van der Waals surface area contributed by atoms with Crippen molar-refractivity contribution in [3.05, 3.63) is 35.9 Å². The molecule has 0 unspecified atom stereocenters. The summed E-state index contributed by atoms with van der Waals surface area (Å²) < 4.78 is 0. The number of hydrogen-bond donors (Lipinski definition) is 1. The van der Waals surface area contributed by atoms with Crippen molar-refractivity contribution < 1.29 is 0 Å². The van der Waals surface area contributed by atoms with Gasteiger partial charge in [-0.25, -0.2) is 0 Å². The molecule has 3 rings (SSSR count). The first kappa shape index (κ1) is 14.8. The highest BCUT2D eigenvalue weighted by Gasteiger charge is 2.35. The molecule has 0 aliphatic carbocycles. The predicted octanol–water partition coefficient (Wildman–Crippen LogP) is 3.07. The van der Waals surface area contributed by atoms with Crippen molar-refractivity contribution in [1.82, 2.24) is 10.2 Å². The average molecular weight is 281 g/mol. The highest BCUT2D eigenvalue weighted by molar-refractivity contribution is 5.85. The molecule has 0 atom stereocenters. The first-order valence-electron chi connectivity index (χ1n) is 7.33. The molecule has 0 saturated carbocycles. The Bertz CT molecular complexity index is 364. The summed E-state index contributed by atoms with van der Waals surface area (Å²) >= 11 is 0. The Kier molecular flexibility index (Phi) is 5.26. The molecule has 0 amide bonds. The van der Waals surface area contributed by atoms with Gasteiger partial charge in [0.1, 0.15) is 0 Å². The fourth-order valence-electron chi connectivity index (χ4n) is 3.48. The van der Waals surface area contributed by atoms with Crippen molar-refractivity contribution in [1.29, 1.82) is 0 Å². The quantitative estimate of drug-likeness (QED) is 0.896. The number of rotatable bonds is 2. The van der Waals surface area contributed by atoms with Gasteiger partial charge in [-0.05, 0) is 62.8 Å². The highest BCUT2D eigenvalue weighted by Crippen LogP contribution is 2.39. The molecular weight excluding hydrogens is 256 g/mol. The normalized spacial score (nSPS) is 22.9. The Balaban J connectivity index is 0.00000133. The van der Waals surface area contributed by atoms with Gasteiger partial charge in [0.05, 0.1) is 0 Å². The lowest BCUT2D eigenvalue weighted by molar-refractivity contribution is 0.0701. The molecule has 2 saturated heterocycles. The van der Waals surface area contributed by atoms with E-state index in [1.165, 1.54) is 57.4 Å². The number of nitrogens with one attached hydrogen (secondary N) is 1. The minimum atomic E-state index is 0. The highest BCUT2D eigenvalue weighted by atomic mass is 35.5. The maximum absolute atomic E-state index is 3.49. The predicted molar refractivity (Wildman–Crippen MR) is 82.7 cm³/mol. The summed E-state index contributed by atoms with van der Waals surface area (Å²) in [5, 5.41) is 3.49. The van der Waals surface area contributed by atoms with E-state index in [-0.39, 0.29) is 12.4 Å². The lowest BCUT2D eigenvalue weighted by Gasteiger charge is -2.44. The summed E-state index contributed by atoms with van der Waals surface area (Å²) in [6.45, 7) is 6.18. The molecule has 19 heavy (non-hydrogen) atoms. The van der Waals surface area contributed by atoms with Crippen LogP contribution < -0.4 is 5.32 Å². The van der Waals surface area contributed by atoms with Gasteiger partial charge in [-0.15, -0.1) is 12.4 Å². The van der Waals surface area contributed by atoms with E-state index in [1.807, 2.05) is 0 Å². The molecule has 0 radical (unpaired) electrons. The zero-order chi connectivity index (χ0) is 12.3. The van der Waals surface area contributed by atoms with Gasteiger partial charge in [0.15, 0.2) is 0 Å².